The van der Waals surface area contributed by atoms with Crippen LogP contribution in [0, 0.1) is 11.6 Å². The summed E-state index contributed by atoms with van der Waals surface area (Å²) in [4.78, 5) is 20.2. The number of anilines is 4. The third kappa shape index (κ3) is 4.06. The fourth-order valence-corrected chi connectivity index (χ4v) is 2.33. The number of aromatic nitrogens is 2. The standard InChI is InChI=1S/C18H16F2N6O2/c1-28-14-5-3-2-4-11(14)18(27)26-25-17-15(21)16(22-9-23-17)24-13-8-10(19)6-7-12(13)20/h2-9H,21H2,1H3,(H,26,27)(H2,22,23,24,25). The Morgan fingerprint density at radius 1 is 1.11 bits per heavy atom. The normalized spacial score (nSPS) is 10.2. The van der Waals surface area contributed by atoms with Crippen molar-refractivity contribution in [3.05, 3.63) is 66.0 Å². The summed E-state index contributed by atoms with van der Waals surface area (Å²) in [5, 5.41) is 2.60. The molecule has 1 aromatic heterocycles. The first-order chi connectivity index (χ1) is 13.5. The Morgan fingerprint density at radius 3 is 2.64 bits per heavy atom. The Morgan fingerprint density at radius 2 is 1.86 bits per heavy atom. The fraction of sp³-hybridized carbons (Fsp3) is 0.0556. The molecule has 10 heteroatoms. The van der Waals surface area contributed by atoms with E-state index in [-0.39, 0.29) is 23.0 Å². The summed E-state index contributed by atoms with van der Waals surface area (Å²) in [6.07, 6.45) is 1.15. The van der Waals surface area contributed by atoms with E-state index in [1.165, 1.54) is 7.11 Å². The fourth-order valence-electron chi connectivity index (χ4n) is 2.33. The van der Waals surface area contributed by atoms with Crippen molar-refractivity contribution in [2.45, 2.75) is 0 Å². The van der Waals surface area contributed by atoms with E-state index in [1.807, 2.05) is 0 Å². The molecule has 0 saturated heterocycles. The number of halogens is 2. The molecule has 0 saturated carbocycles. The van der Waals surface area contributed by atoms with Gasteiger partial charge in [-0.25, -0.2) is 18.7 Å². The van der Waals surface area contributed by atoms with E-state index >= 15 is 0 Å². The first-order valence-electron chi connectivity index (χ1n) is 8.01. The van der Waals surface area contributed by atoms with E-state index in [2.05, 4.69) is 26.1 Å². The molecule has 0 atom stereocenters. The predicted octanol–water partition coefficient (Wildman–Crippen LogP) is 2.85. The number of nitrogens with zero attached hydrogens (tertiary/aromatic N) is 2. The molecule has 0 aliphatic rings. The van der Waals surface area contributed by atoms with Gasteiger partial charge < -0.3 is 15.8 Å². The molecule has 0 unspecified atom stereocenters. The molecular weight excluding hydrogens is 370 g/mol. The number of hydrazine groups is 1. The molecule has 1 heterocycles. The monoisotopic (exact) mass is 386 g/mol. The van der Waals surface area contributed by atoms with Crippen LogP contribution in [0.1, 0.15) is 10.4 Å². The van der Waals surface area contributed by atoms with Crippen LogP contribution >= 0.6 is 0 Å². The Kier molecular flexibility index (Phi) is 5.49. The van der Waals surface area contributed by atoms with Crippen LogP contribution in [0.5, 0.6) is 5.75 Å². The number of amides is 1. The van der Waals surface area contributed by atoms with Crippen molar-refractivity contribution in [1.82, 2.24) is 15.4 Å². The third-order valence-corrected chi connectivity index (χ3v) is 3.71. The topological polar surface area (TPSA) is 114 Å². The second kappa shape index (κ2) is 8.16. The molecule has 3 rings (SSSR count). The number of hydrogen-bond acceptors (Lipinski definition) is 7. The van der Waals surface area contributed by atoms with Crippen LogP contribution in [0.25, 0.3) is 0 Å². The van der Waals surface area contributed by atoms with Crippen molar-refractivity contribution in [1.29, 1.82) is 0 Å². The smallest absolute Gasteiger partial charge is 0.273 e. The highest BCUT2D eigenvalue weighted by Gasteiger charge is 2.14. The van der Waals surface area contributed by atoms with Crippen LogP contribution in [0.15, 0.2) is 48.8 Å². The van der Waals surface area contributed by atoms with Gasteiger partial charge in [0.25, 0.3) is 5.91 Å². The van der Waals surface area contributed by atoms with Gasteiger partial charge >= 0.3 is 0 Å². The maximum absolute atomic E-state index is 13.8. The van der Waals surface area contributed by atoms with Gasteiger partial charge in [0.1, 0.15) is 29.4 Å². The second-order valence-electron chi connectivity index (χ2n) is 5.51. The van der Waals surface area contributed by atoms with Gasteiger partial charge in [0, 0.05) is 6.07 Å². The molecule has 8 nitrogen and oxygen atoms in total. The number of benzene rings is 2. The number of nitrogens with one attached hydrogen (secondary N) is 3. The Labute approximate surface area is 158 Å². The minimum absolute atomic E-state index is 0.00788. The van der Waals surface area contributed by atoms with E-state index < -0.39 is 17.5 Å². The van der Waals surface area contributed by atoms with E-state index in [4.69, 9.17) is 10.5 Å². The van der Waals surface area contributed by atoms with Gasteiger partial charge in [0.2, 0.25) is 0 Å². The molecule has 0 fully saturated rings. The summed E-state index contributed by atoms with van der Waals surface area (Å²) in [6.45, 7) is 0. The van der Waals surface area contributed by atoms with Gasteiger partial charge in [-0.1, -0.05) is 12.1 Å². The molecule has 5 N–H and O–H groups in total. The Hall–Kier alpha value is -3.95. The van der Waals surface area contributed by atoms with Crippen molar-refractivity contribution in [2.24, 2.45) is 0 Å². The summed E-state index contributed by atoms with van der Waals surface area (Å²) in [5.74, 6) is -1.30. The van der Waals surface area contributed by atoms with Crippen molar-refractivity contribution in [3.63, 3.8) is 0 Å². The second-order valence-corrected chi connectivity index (χ2v) is 5.51. The number of nitrogens with two attached hydrogens (primary N) is 1. The number of carbonyl (C=O) groups is 1. The van der Waals surface area contributed by atoms with Crippen LogP contribution in [0.3, 0.4) is 0 Å². The summed E-state index contributed by atoms with van der Waals surface area (Å²) in [6, 6.07) is 9.57. The van der Waals surface area contributed by atoms with Gasteiger partial charge in [-0.3, -0.25) is 15.6 Å². The van der Waals surface area contributed by atoms with Gasteiger partial charge in [-0.15, -0.1) is 0 Å². The molecule has 28 heavy (non-hydrogen) atoms. The summed E-state index contributed by atoms with van der Waals surface area (Å²) in [5.41, 5.74) is 11.1. The molecule has 0 bridgehead atoms. The number of carbonyl (C=O) groups excluding carboxylic acids is 1. The molecular formula is C18H16F2N6O2. The third-order valence-electron chi connectivity index (χ3n) is 3.71. The van der Waals surface area contributed by atoms with Gasteiger partial charge in [-0.2, -0.15) is 0 Å². The highest BCUT2D eigenvalue weighted by Crippen LogP contribution is 2.27. The number of nitrogen functional groups attached to an aromatic ring is 1. The van der Waals surface area contributed by atoms with Crippen LogP contribution in [0.2, 0.25) is 0 Å². The van der Waals surface area contributed by atoms with Crippen molar-refractivity contribution in [3.8, 4) is 5.75 Å². The SMILES string of the molecule is COc1ccccc1C(=O)NNc1ncnc(Nc2cc(F)ccc2F)c1N. The van der Waals surface area contributed by atoms with Crippen LogP contribution in [-0.2, 0) is 0 Å². The Bertz CT molecular complexity index is 1020. The van der Waals surface area contributed by atoms with E-state index in [1.54, 1.807) is 24.3 Å². The molecule has 0 aliphatic carbocycles. The molecule has 0 radical (unpaired) electrons. The summed E-state index contributed by atoms with van der Waals surface area (Å²) >= 11 is 0. The lowest BCUT2D eigenvalue weighted by Crippen LogP contribution is -2.30. The number of hydrogen-bond donors (Lipinski definition) is 4. The highest BCUT2D eigenvalue weighted by atomic mass is 19.1. The zero-order chi connectivity index (χ0) is 20.1. The van der Waals surface area contributed by atoms with Gasteiger partial charge in [0.05, 0.1) is 18.4 Å². The zero-order valence-electron chi connectivity index (χ0n) is 14.7. The van der Waals surface area contributed by atoms with E-state index in [0.29, 0.717) is 11.3 Å². The summed E-state index contributed by atoms with van der Waals surface area (Å²) < 4.78 is 32.3. The van der Waals surface area contributed by atoms with Crippen LogP contribution in [0.4, 0.5) is 31.8 Å². The molecule has 1 amide bonds. The first kappa shape index (κ1) is 18.8. The largest absolute Gasteiger partial charge is 0.496 e. The molecule has 2 aromatic carbocycles. The molecule has 3 aromatic rings. The maximum atomic E-state index is 13.8. The minimum atomic E-state index is -0.682. The van der Waals surface area contributed by atoms with Crippen LogP contribution in [-0.4, -0.2) is 23.0 Å². The average molecular weight is 386 g/mol. The van der Waals surface area contributed by atoms with Crippen molar-refractivity contribution >= 4 is 28.9 Å². The lowest BCUT2D eigenvalue weighted by molar-refractivity contribution is 0.0959. The van der Waals surface area contributed by atoms with Crippen molar-refractivity contribution < 1.29 is 18.3 Å². The average Bonchev–Trinajstić information content (AvgIpc) is 2.71. The lowest BCUT2D eigenvalue weighted by atomic mass is 10.2. The molecule has 144 valence electrons. The van der Waals surface area contributed by atoms with Gasteiger partial charge in [-0.05, 0) is 24.3 Å². The van der Waals surface area contributed by atoms with E-state index in [9.17, 15) is 13.6 Å². The van der Waals surface area contributed by atoms with Crippen molar-refractivity contribution in [2.75, 3.05) is 23.6 Å². The number of para-hydroxylation sites is 1. The first-order valence-corrected chi connectivity index (χ1v) is 8.01. The number of methoxy groups -OCH3 is 1. The number of rotatable bonds is 6. The summed E-state index contributed by atoms with van der Waals surface area (Å²) in [7, 11) is 1.45. The van der Waals surface area contributed by atoms with Crippen LogP contribution < -0.4 is 26.6 Å². The van der Waals surface area contributed by atoms with Gasteiger partial charge in [0.15, 0.2) is 11.6 Å². The minimum Gasteiger partial charge on any atom is -0.496 e. The highest BCUT2D eigenvalue weighted by molar-refractivity contribution is 5.97. The molecule has 0 spiro atoms. The zero-order valence-corrected chi connectivity index (χ0v) is 14.7. The predicted molar refractivity (Wildman–Crippen MR) is 100 cm³/mol. The maximum Gasteiger partial charge on any atom is 0.273 e. The number of ether oxygens (including phenoxy) is 1. The van der Waals surface area contributed by atoms with E-state index in [0.717, 1.165) is 24.5 Å². The lowest BCUT2D eigenvalue weighted by Gasteiger charge is -2.14. The quantitative estimate of drug-likeness (QED) is 0.482. The molecule has 0 aliphatic heterocycles. The Balaban J connectivity index is 1.76.